The summed E-state index contributed by atoms with van der Waals surface area (Å²) in [4.78, 5) is 36.2. The average molecular weight is 416 g/mol. The molecule has 0 saturated heterocycles. The molecule has 0 saturated carbocycles. The third-order valence-corrected chi connectivity index (χ3v) is 4.35. The number of amides is 1. The van der Waals surface area contributed by atoms with Gasteiger partial charge < -0.3 is 24.3 Å². The maximum absolute atomic E-state index is 12.3. The van der Waals surface area contributed by atoms with E-state index in [0.717, 1.165) is 0 Å². The Morgan fingerprint density at radius 1 is 1.18 bits per heavy atom. The smallest absolute Gasteiger partial charge is 0.338 e. The van der Waals surface area contributed by atoms with E-state index in [1.54, 1.807) is 6.92 Å². The monoisotopic (exact) mass is 415 g/mol. The zero-order valence-corrected chi connectivity index (χ0v) is 17.4. The van der Waals surface area contributed by atoms with Gasteiger partial charge in [0.25, 0.3) is 5.91 Å². The third-order valence-electron chi connectivity index (χ3n) is 4.07. The Balaban J connectivity index is 2.79. The molecule has 0 unspecified atom stereocenters. The van der Waals surface area contributed by atoms with E-state index in [1.165, 1.54) is 26.4 Å². The number of ether oxygens (including phenoxy) is 4. The van der Waals surface area contributed by atoms with Crippen molar-refractivity contribution in [3.8, 4) is 11.5 Å². The molecule has 0 aliphatic heterocycles. The maximum Gasteiger partial charge on any atom is 0.338 e. The molecule has 0 aliphatic rings. The quantitative estimate of drug-likeness (QED) is 0.586. The lowest BCUT2D eigenvalue weighted by Crippen LogP contribution is -2.47. The van der Waals surface area contributed by atoms with Gasteiger partial charge in [0.2, 0.25) is 0 Å². The van der Waals surface area contributed by atoms with Crippen molar-refractivity contribution >= 4 is 29.4 Å². The minimum Gasteiger partial charge on any atom is -0.493 e. The molecule has 2 atom stereocenters. The van der Waals surface area contributed by atoms with E-state index >= 15 is 0 Å². The predicted octanol–water partition coefficient (Wildman–Crippen LogP) is 2.61. The van der Waals surface area contributed by atoms with Crippen LogP contribution in [0.25, 0.3) is 0 Å². The van der Waals surface area contributed by atoms with Gasteiger partial charge in [-0.25, -0.2) is 9.59 Å². The van der Waals surface area contributed by atoms with Crippen LogP contribution in [0.15, 0.2) is 12.1 Å². The Bertz CT molecular complexity index is 708. The zero-order chi connectivity index (χ0) is 21.3. The molecule has 9 heteroatoms. The zero-order valence-electron chi connectivity index (χ0n) is 16.7. The number of halogens is 1. The number of carbonyl (C=O) groups is 3. The molecule has 28 heavy (non-hydrogen) atoms. The number of benzene rings is 1. The standard InChI is InChI=1S/C19H26ClNO7/c1-6-11(3)16(19(24)26-5)21-15(22)10-28-18(23)12-8-13(20)17(27-7-2)14(9-12)25-4/h8-9,11,16H,6-7,10H2,1-5H3,(H,21,22)/t11-,16-/m1/s1. The lowest BCUT2D eigenvalue weighted by molar-refractivity contribution is -0.147. The second-order valence-electron chi connectivity index (χ2n) is 5.95. The molecule has 0 heterocycles. The van der Waals surface area contributed by atoms with Gasteiger partial charge in [0, 0.05) is 0 Å². The van der Waals surface area contributed by atoms with Crippen molar-refractivity contribution in [3.05, 3.63) is 22.7 Å². The molecule has 0 spiro atoms. The molecule has 1 aromatic rings. The number of rotatable bonds is 10. The summed E-state index contributed by atoms with van der Waals surface area (Å²) in [6.45, 7) is 5.29. The average Bonchev–Trinajstić information content (AvgIpc) is 2.70. The van der Waals surface area contributed by atoms with Gasteiger partial charge in [-0.05, 0) is 25.0 Å². The van der Waals surface area contributed by atoms with Crippen molar-refractivity contribution in [1.82, 2.24) is 5.32 Å². The first-order valence-corrected chi connectivity index (χ1v) is 9.21. The first kappa shape index (κ1) is 23.6. The van der Waals surface area contributed by atoms with Crippen molar-refractivity contribution < 1.29 is 33.3 Å². The number of carbonyl (C=O) groups excluding carboxylic acids is 3. The number of hydrogen-bond donors (Lipinski definition) is 1. The SMILES string of the molecule is CCOc1c(Cl)cc(C(=O)OCC(=O)N[C@@H](C(=O)OC)[C@H](C)CC)cc1OC. The highest BCUT2D eigenvalue weighted by atomic mass is 35.5. The summed E-state index contributed by atoms with van der Waals surface area (Å²) >= 11 is 6.13. The van der Waals surface area contributed by atoms with Crippen molar-refractivity contribution in [2.24, 2.45) is 5.92 Å². The van der Waals surface area contributed by atoms with Crippen LogP contribution >= 0.6 is 11.6 Å². The number of methoxy groups -OCH3 is 2. The fourth-order valence-electron chi connectivity index (χ4n) is 2.35. The first-order valence-electron chi connectivity index (χ1n) is 8.83. The Labute approximate surface area is 169 Å². The number of esters is 2. The van der Waals surface area contributed by atoms with E-state index in [2.05, 4.69) is 5.32 Å². The van der Waals surface area contributed by atoms with Crippen LogP contribution in [-0.4, -0.2) is 51.3 Å². The largest absolute Gasteiger partial charge is 0.493 e. The molecule has 1 amide bonds. The molecule has 1 N–H and O–H groups in total. The van der Waals surface area contributed by atoms with Gasteiger partial charge in [0.05, 0.1) is 31.4 Å². The lowest BCUT2D eigenvalue weighted by Gasteiger charge is -2.21. The topological polar surface area (TPSA) is 100 Å². The molecular formula is C19H26ClNO7. The van der Waals surface area contributed by atoms with E-state index in [0.29, 0.717) is 18.8 Å². The fourth-order valence-corrected chi connectivity index (χ4v) is 2.61. The summed E-state index contributed by atoms with van der Waals surface area (Å²) in [6, 6.07) is 1.96. The van der Waals surface area contributed by atoms with Crippen molar-refractivity contribution in [3.63, 3.8) is 0 Å². The van der Waals surface area contributed by atoms with Gasteiger partial charge >= 0.3 is 11.9 Å². The first-order chi connectivity index (χ1) is 13.3. The molecular weight excluding hydrogens is 390 g/mol. The van der Waals surface area contributed by atoms with Crippen LogP contribution < -0.4 is 14.8 Å². The van der Waals surface area contributed by atoms with Gasteiger partial charge in [0.15, 0.2) is 18.1 Å². The third kappa shape index (κ3) is 6.30. The summed E-state index contributed by atoms with van der Waals surface area (Å²) in [5.74, 6) is -1.49. The number of nitrogens with one attached hydrogen (secondary N) is 1. The molecule has 0 aromatic heterocycles. The molecule has 0 radical (unpaired) electrons. The predicted molar refractivity (Wildman–Crippen MR) is 103 cm³/mol. The maximum atomic E-state index is 12.3. The fraction of sp³-hybridized carbons (Fsp3) is 0.526. The molecule has 1 rings (SSSR count). The van der Waals surface area contributed by atoms with E-state index < -0.39 is 30.5 Å². The lowest BCUT2D eigenvalue weighted by atomic mass is 9.99. The summed E-state index contributed by atoms with van der Waals surface area (Å²) in [5, 5.41) is 2.70. The Morgan fingerprint density at radius 2 is 1.86 bits per heavy atom. The minimum atomic E-state index is -0.818. The van der Waals surface area contributed by atoms with Crippen LogP contribution in [0.5, 0.6) is 11.5 Å². The summed E-state index contributed by atoms with van der Waals surface area (Å²) in [7, 11) is 2.66. The molecule has 1 aromatic carbocycles. The van der Waals surface area contributed by atoms with Crippen LogP contribution in [0, 0.1) is 5.92 Å². The van der Waals surface area contributed by atoms with Gasteiger partial charge in [-0.2, -0.15) is 0 Å². The molecule has 0 aliphatic carbocycles. The minimum absolute atomic E-state index is 0.101. The molecule has 0 bridgehead atoms. The van der Waals surface area contributed by atoms with E-state index in [1.807, 2.05) is 13.8 Å². The van der Waals surface area contributed by atoms with Crippen molar-refractivity contribution in [2.75, 3.05) is 27.4 Å². The second kappa shape index (κ2) is 11.4. The van der Waals surface area contributed by atoms with Crippen LogP contribution in [-0.2, 0) is 19.1 Å². The number of hydrogen-bond acceptors (Lipinski definition) is 7. The van der Waals surface area contributed by atoms with E-state index in [-0.39, 0.29) is 22.3 Å². The van der Waals surface area contributed by atoms with Gasteiger partial charge in [-0.15, -0.1) is 0 Å². The summed E-state index contributed by atoms with van der Waals surface area (Å²) in [5.41, 5.74) is 0.101. The van der Waals surface area contributed by atoms with Crippen LogP contribution in [0.2, 0.25) is 5.02 Å². The highest BCUT2D eigenvalue weighted by Crippen LogP contribution is 2.36. The second-order valence-corrected chi connectivity index (χ2v) is 6.36. The summed E-state index contributed by atoms with van der Waals surface area (Å²) < 4.78 is 20.3. The highest BCUT2D eigenvalue weighted by molar-refractivity contribution is 6.32. The summed E-state index contributed by atoms with van der Waals surface area (Å²) in [6.07, 6.45) is 0.657. The Kier molecular flexibility index (Phi) is 9.58. The van der Waals surface area contributed by atoms with Crippen LogP contribution in [0.3, 0.4) is 0 Å². The van der Waals surface area contributed by atoms with Gasteiger partial charge in [-0.1, -0.05) is 31.9 Å². The van der Waals surface area contributed by atoms with Crippen LogP contribution in [0.4, 0.5) is 0 Å². The molecule has 8 nitrogen and oxygen atoms in total. The normalized spacial score (nSPS) is 12.5. The van der Waals surface area contributed by atoms with Gasteiger partial charge in [0.1, 0.15) is 6.04 Å². The van der Waals surface area contributed by atoms with Crippen molar-refractivity contribution in [2.45, 2.75) is 33.2 Å². The molecule has 156 valence electrons. The van der Waals surface area contributed by atoms with Gasteiger partial charge in [-0.3, -0.25) is 4.79 Å². The van der Waals surface area contributed by atoms with Crippen LogP contribution in [0.1, 0.15) is 37.6 Å². The highest BCUT2D eigenvalue weighted by Gasteiger charge is 2.27. The Morgan fingerprint density at radius 3 is 2.39 bits per heavy atom. The molecule has 0 fully saturated rings. The van der Waals surface area contributed by atoms with E-state index in [4.69, 9.17) is 30.5 Å². The van der Waals surface area contributed by atoms with Crippen molar-refractivity contribution in [1.29, 1.82) is 0 Å². The van der Waals surface area contributed by atoms with E-state index in [9.17, 15) is 14.4 Å². The Hall–Kier alpha value is -2.48.